The van der Waals surface area contributed by atoms with Crippen LogP contribution in [0.2, 0.25) is 0 Å². The first-order valence-corrected chi connectivity index (χ1v) is 9.56. The summed E-state index contributed by atoms with van der Waals surface area (Å²) in [6.45, 7) is 7.57. The van der Waals surface area contributed by atoms with Crippen molar-refractivity contribution in [3.63, 3.8) is 0 Å². The molecule has 5 heteroatoms. The lowest BCUT2D eigenvalue weighted by Gasteiger charge is -2.41. The molecule has 0 N–H and O–H groups in total. The third kappa shape index (κ3) is 2.97. The van der Waals surface area contributed by atoms with Crippen LogP contribution in [0, 0.1) is 11.3 Å². The fraction of sp³-hybridized carbons (Fsp3) is 0.619. The molecular weight excluding hydrogens is 330 g/mol. The first-order chi connectivity index (χ1) is 12.3. The molecule has 0 aromatic heterocycles. The van der Waals surface area contributed by atoms with E-state index >= 15 is 0 Å². The fourth-order valence-electron chi connectivity index (χ4n) is 4.50. The molecule has 1 unspecified atom stereocenters. The number of ether oxygens (including phenoxy) is 2. The lowest BCUT2D eigenvalue weighted by molar-refractivity contribution is -0.196. The van der Waals surface area contributed by atoms with Gasteiger partial charge in [0.1, 0.15) is 6.10 Å². The molecule has 140 valence electrons. The minimum Gasteiger partial charge on any atom is -0.347 e. The van der Waals surface area contributed by atoms with Gasteiger partial charge in [-0.05, 0) is 36.3 Å². The summed E-state index contributed by atoms with van der Waals surface area (Å²) in [7, 11) is 0. The van der Waals surface area contributed by atoms with Crippen LogP contribution in [0.25, 0.3) is 0 Å². The number of hydrogen-bond donors (Lipinski definition) is 0. The van der Waals surface area contributed by atoms with Gasteiger partial charge < -0.3 is 9.47 Å². The first kappa shape index (κ1) is 17.7. The van der Waals surface area contributed by atoms with E-state index in [0.29, 0.717) is 29.1 Å². The second-order valence-electron chi connectivity index (χ2n) is 8.87. The Kier molecular flexibility index (Phi) is 4.20. The van der Waals surface area contributed by atoms with Crippen LogP contribution in [-0.2, 0) is 9.47 Å². The summed E-state index contributed by atoms with van der Waals surface area (Å²) in [5, 5.41) is 0. The molecule has 4 rings (SSSR count). The fourth-order valence-corrected chi connectivity index (χ4v) is 4.50. The number of nitrogens with zero attached hydrogens (tertiary/aromatic N) is 1. The zero-order chi connectivity index (χ0) is 18.5. The van der Waals surface area contributed by atoms with Crippen molar-refractivity contribution in [2.75, 3.05) is 13.2 Å². The number of imide groups is 1. The third-order valence-corrected chi connectivity index (χ3v) is 6.15. The van der Waals surface area contributed by atoms with E-state index in [9.17, 15) is 9.59 Å². The number of carbonyl (C=O) groups excluding carboxylic acids is 2. The standard InChI is InChI=1S/C21H27NO4/c1-20(2,3)14-8-10-21(11-9-14)25-13-15(26-21)12-22-18(23)16-6-4-5-7-17(16)19(22)24/h4-7,14-15H,8-13H2,1-3H3. The summed E-state index contributed by atoms with van der Waals surface area (Å²) in [5.74, 6) is -0.306. The molecule has 26 heavy (non-hydrogen) atoms. The molecule has 2 aliphatic heterocycles. The predicted molar refractivity (Wildman–Crippen MR) is 96.8 cm³/mol. The van der Waals surface area contributed by atoms with Crippen LogP contribution in [0.15, 0.2) is 24.3 Å². The van der Waals surface area contributed by atoms with E-state index in [1.54, 1.807) is 24.3 Å². The highest BCUT2D eigenvalue weighted by atomic mass is 16.7. The Hall–Kier alpha value is -1.72. The highest BCUT2D eigenvalue weighted by molar-refractivity contribution is 6.21. The highest BCUT2D eigenvalue weighted by Gasteiger charge is 2.47. The molecule has 0 radical (unpaired) electrons. The van der Waals surface area contributed by atoms with Gasteiger partial charge in [-0.1, -0.05) is 32.9 Å². The van der Waals surface area contributed by atoms with Crippen LogP contribution in [0.5, 0.6) is 0 Å². The van der Waals surface area contributed by atoms with Gasteiger partial charge in [-0.25, -0.2) is 0 Å². The number of rotatable bonds is 2. The zero-order valence-electron chi connectivity index (χ0n) is 15.8. The summed E-state index contributed by atoms with van der Waals surface area (Å²) in [6, 6.07) is 6.98. The van der Waals surface area contributed by atoms with Gasteiger partial charge >= 0.3 is 0 Å². The minimum absolute atomic E-state index is 0.230. The van der Waals surface area contributed by atoms with Crippen molar-refractivity contribution in [3.8, 4) is 0 Å². The average Bonchev–Trinajstić information content (AvgIpc) is 3.10. The van der Waals surface area contributed by atoms with Crippen molar-refractivity contribution in [1.82, 2.24) is 4.90 Å². The first-order valence-electron chi connectivity index (χ1n) is 9.56. The second-order valence-corrected chi connectivity index (χ2v) is 8.87. The quantitative estimate of drug-likeness (QED) is 0.759. The average molecular weight is 357 g/mol. The van der Waals surface area contributed by atoms with Crippen LogP contribution in [-0.4, -0.2) is 41.8 Å². The Labute approximate surface area is 154 Å². The number of fused-ring (bicyclic) bond motifs is 1. The van der Waals surface area contributed by atoms with E-state index in [2.05, 4.69) is 20.8 Å². The van der Waals surface area contributed by atoms with E-state index < -0.39 is 5.79 Å². The minimum atomic E-state index is -0.523. The molecule has 1 spiro atoms. The van der Waals surface area contributed by atoms with Gasteiger partial charge in [-0.2, -0.15) is 0 Å². The van der Waals surface area contributed by atoms with Gasteiger partial charge in [0, 0.05) is 12.8 Å². The normalized spacial score (nSPS) is 31.7. The third-order valence-electron chi connectivity index (χ3n) is 6.15. The van der Waals surface area contributed by atoms with E-state index in [0.717, 1.165) is 25.7 Å². The van der Waals surface area contributed by atoms with Crippen LogP contribution in [0.1, 0.15) is 67.2 Å². The Morgan fingerprint density at radius 2 is 1.65 bits per heavy atom. The Morgan fingerprint density at radius 3 is 2.19 bits per heavy atom. The monoisotopic (exact) mass is 357 g/mol. The van der Waals surface area contributed by atoms with Crippen molar-refractivity contribution < 1.29 is 19.1 Å². The number of amides is 2. The molecule has 2 fully saturated rings. The van der Waals surface area contributed by atoms with Gasteiger partial charge in [-0.15, -0.1) is 0 Å². The van der Waals surface area contributed by atoms with Crippen LogP contribution in [0.3, 0.4) is 0 Å². The molecule has 2 amide bonds. The summed E-state index contributed by atoms with van der Waals surface area (Å²) in [6.07, 6.45) is 3.69. The zero-order valence-corrected chi connectivity index (χ0v) is 15.8. The van der Waals surface area contributed by atoms with Crippen LogP contribution in [0.4, 0.5) is 0 Å². The Bertz CT molecular complexity index is 693. The van der Waals surface area contributed by atoms with Crippen molar-refractivity contribution in [2.45, 2.75) is 58.3 Å². The van der Waals surface area contributed by atoms with Crippen molar-refractivity contribution in [3.05, 3.63) is 35.4 Å². The van der Waals surface area contributed by atoms with E-state index in [1.165, 1.54) is 4.90 Å². The summed E-state index contributed by atoms with van der Waals surface area (Å²) in [5.41, 5.74) is 1.27. The second kappa shape index (κ2) is 6.17. The number of hydrogen-bond acceptors (Lipinski definition) is 4. The molecular formula is C21H27NO4. The molecule has 1 saturated heterocycles. The van der Waals surface area contributed by atoms with E-state index in [-0.39, 0.29) is 24.5 Å². The lowest BCUT2D eigenvalue weighted by atomic mass is 9.71. The number of benzene rings is 1. The van der Waals surface area contributed by atoms with Crippen molar-refractivity contribution in [2.24, 2.45) is 11.3 Å². The molecule has 1 saturated carbocycles. The molecule has 1 atom stereocenters. The predicted octanol–water partition coefficient (Wildman–Crippen LogP) is 3.63. The van der Waals surface area contributed by atoms with Gasteiger partial charge in [0.25, 0.3) is 11.8 Å². The van der Waals surface area contributed by atoms with Gasteiger partial charge in [0.2, 0.25) is 0 Å². The lowest BCUT2D eigenvalue weighted by Crippen LogP contribution is -2.41. The van der Waals surface area contributed by atoms with Gasteiger partial charge in [0.15, 0.2) is 5.79 Å². The number of carbonyl (C=O) groups is 2. The summed E-state index contributed by atoms with van der Waals surface area (Å²) >= 11 is 0. The molecule has 1 aromatic carbocycles. The Morgan fingerprint density at radius 1 is 1.08 bits per heavy atom. The summed E-state index contributed by atoms with van der Waals surface area (Å²) in [4.78, 5) is 26.4. The topological polar surface area (TPSA) is 55.8 Å². The smallest absolute Gasteiger partial charge is 0.261 e. The Balaban J connectivity index is 1.39. The van der Waals surface area contributed by atoms with Gasteiger partial charge in [0.05, 0.1) is 24.3 Å². The molecule has 3 aliphatic rings. The summed E-state index contributed by atoms with van der Waals surface area (Å²) < 4.78 is 12.3. The largest absolute Gasteiger partial charge is 0.347 e. The van der Waals surface area contributed by atoms with E-state index in [1.807, 2.05) is 0 Å². The van der Waals surface area contributed by atoms with Crippen molar-refractivity contribution in [1.29, 1.82) is 0 Å². The van der Waals surface area contributed by atoms with Gasteiger partial charge in [-0.3, -0.25) is 14.5 Å². The maximum absolute atomic E-state index is 12.5. The van der Waals surface area contributed by atoms with Crippen LogP contribution >= 0.6 is 0 Å². The molecule has 2 heterocycles. The molecule has 0 bridgehead atoms. The molecule has 5 nitrogen and oxygen atoms in total. The van der Waals surface area contributed by atoms with Crippen LogP contribution < -0.4 is 0 Å². The van der Waals surface area contributed by atoms with Crippen molar-refractivity contribution >= 4 is 11.8 Å². The van der Waals surface area contributed by atoms with E-state index in [4.69, 9.17) is 9.47 Å². The maximum atomic E-state index is 12.5. The SMILES string of the molecule is CC(C)(C)C1CCC2(CC1)OCC(CN1C(=O)c3ccccc3C1=O)O2. The maximum Gasteiger partial charge on any atom is 0.261 e. The highest BCUT2D eigenvalue weighted by Crippen LogP contribution is 2.45. The molecule has 1 aliphatic carbocycles. The molecule has 1 aromatic rings.